The minimum absolute atomic E-state index is 0.202. The number of nitrogens with one attached hydrogen (secondary N) is 1. The van der Waals surface area contributed by atoms with Crippen LogP contribution in [0.3, 0.4) is 0 Å². The summed E-state index contributed by atoms with van der Waals surface area (Å²) in [4.78, 5) is 28.1. The average Bonchev–Trinajstić information content (AvgIpc) is 3.40. The molecule has 3 heterocycles. The molecule has 1 N–H and O–H groups in total. The van der Waals surface area contributed by atoms with Gasteiger partial charge in [-0.3, -0.25) is 4.79 Å². The number of methoxy groups -OCH3 is 2. The van der Waals surface area contributed by atoms with E-state index in [9.17, 15) is 4.79 Å². The predicted octanol–water partition coefficient (Wildman–Crippen LogP) is 5.68. The number of hydrogen-bond donors (Lipinski definition) is 1. The van der Waals surface area contributed by atoms with E-state index in [-0.39, 0.29) is 12.5 Å². The maximum atomic E-state index is 13.2. The Morgan fingerprint density at radius 3 is 2.67 bits per heavy atom. The molecular formula is C24H20N4O3S2. The zero-order chi connectivity index (χ0) is 22.9. The SMILES string of the molecule is COCc1nc(OC)c2c(C)c(C(=O)Nc3cccc(-c4nc5ccccc5s4)c3)sc2n1. The van der Waals surface area contributed by atoms with Crippen molar-refractivity contribution in [3.8, 4) is 16.5 Å². The molecule has 166 valence electrons. The number of anilines is 1. The Labute approximate surface area is 198 Å². The maximum absolute atomic E-state index is 13.2. The number of carbonyl (C=O) groups is 1. The second-order valence-electron chi connectivity index (χ2n) is 7.34. The van der Waals surface area contributed by atoms with Crippen LogP contribution in [0.2, 0.25) is 0 Å². The van der Waals surface area contributed by atoms with Gasteiger partial charge in [0.05, 0.1) is 27.6 Å². The van der Waals surface area contributed by atoms with Crippen LogP contribution in [0.15, 0.2) is 48.5 Å². The number of hydrogen-bond acceptors (Lipinski definition) is 8. The lowest BCUT2D eigenvalue weighted by atomic mass is 10.2. The molecule has 0 aliphatic heterocycles. The fourth-order valence-corrected chi connectivity index (χ4v) is 5.66. The summed E-state index contributed by atoms with van der Waals surface area (Å²) in [6.07, 6.45) is 0. The summed E-state index contributed by atoms with van der Waals surface area (Å²) in [5.74, 6) is 0.753. The molecule has 0 atom stereocenters. The van der Waals surface area contributed by atoms with Crippen molar-refractivity contribution >= 4 is 54.7 Å². The number of nitrogens with zero attached hydrogens (tertiary/aromatic N) is 3. The number of ether oxygens (including phenoxy) is 2. The minimum atomic E-state index is -0.202. The first-order valence-corrected chi connectivity index (χ1v) is 11.8. The molecule has 0 saturated carbocycles. The predicted molar refractivity (Wildman–Crippen MR) is 132 cm³/mol. The first kappa shape index (κ1) is 21.4. The second-order valence-corrected chi connectivity index (χ2v) is 9.37. The van der Waals surface area contributed by atoms with Crippen molar-refractivity contribution in [3.63, 3.8) is 0 Å². The highest BCUT2D eigenvalue weighted by Gasteiger charge is 2.21. The van der Waals surface area contributed by atoms with E-state index in [1.165, 1.54) is 11.3 Å². The van der Waals surface area contributed by atoms with E-state index < -0.39 is 0 Å². The number of carbonyl (C=O) groups excluding carboxylic acids is 1. The Morgan fingerprint density at radius 2 is 1.88 bits per heavy atom. The fraction of sp³-hybridized carbons (Fsp3) is 0.167. The Balaban J connectivity index is 1.46. The monoisotopic (exact) mass is 476 g/mol. The van der Waals surface area contributed by atoms with Crippen molar-refractivity contribution in [2.45, 2.75) is 13.5 Å². The van der Waals surface area contributed by atoms with Crippen LogP contribution in [-0.2, 0) is 11.3 Å². The molecule has 3 aromatic heterocycles. The number of thiazole rings is 1. The molecule has 7 nitrogen and oxygen atoms in total. The van der Waals surface area contributed by atoms with Crippen LogP contribution in [0.1, 0.15) is 21.1 Å². The van der Waals surface area contributed by atoms with E-state index in [2.05, 4.69) is 21.4 Å². The van der Waals surface area contributed by atoms with Gasteiger partial charge in [-0.2, -0.15) is 4.98 Å². The molecule has 0 fully saturated rings. The number of amides is 1. The van der Waals surface area contributed by atoms with Gasteiger partial charge in [-0.25, -0.2) is 9.97 Å². The standard InChI is InChI=1S/C24H20N4O3S2/c1-13-19-22(31-3)27-18(12-30-2)28-24(19)33-20(13)21(29)25-15-8-6-7-14(11-15)23-26-16-9-4-5-10-17(16)32-23/h4-11H,12H2,1-3H3,(H,25,29). The number of rotatable bonds is 6. The van der Waals surface area contributed by atoms with Gasteiger partial charge in [-0.1, -0.05) is 24.3 Å². The quantitative estimate of drug-likeness (QED) is 0.339. The average molecular weight is 477 g/mol. The number of para-hydroxylation sites is 1. The molecule has 0 spiro atoms. The molecule has 0 unspecified atom stereocenters. The van der Waals surface area contributed by atoms with Gasteiger partial charge < -0.3 is 14.8 Å². The van der Waals surface area contributed by atoms with E-state index in [1.54, 1.807) is 25.6 Å². The van der Waals surface area contributed by atoms with Gasteiger partial charge in [0.15, 0.2) is 5.82 Å². The minimum Gasteiger partial charge on any atom is -0.480 e. The molecule has 9 heteroatoms. The number of fused-ring (bicyclic) bond motifs is 2. The third-order valence-corrected chi connectivity index (χ3v) is 7.41. The van der Waals surface area contributed by atoms with Crippen molar-refractivity contribution in [3.05, 3.63) is 64.8 Å². The maximum Gasteiger partial charge on any atom is 0.266 e. The Bertz CT molecular complexity index is 1460. The van der Waals surface area contributed by atoms with Crippen molar-refractivity contribution in [1.29, 1.82) is 0 Å². The van der Waals surface area contributed by atoms with Gasteiger partial charge in [0.2, 0.25) is 5.88 Å². The van der Waals surface area contributed by atoms with Crippen molar-refractivity contribution in [2.75, 3.05) is 19.5 Å². The van der Waals surface area contributed by atoms with Crippen LogP contribution >= 0.6 is 22.7 Å². The molecule has 33 heavy (non-hydrogen) atoms. The third kappa shape index (κ3) is 4.06. The summed E-state index contributed by atoms with van der Waals surface area (Å²) in [7, 11) is 3.14. The Hall–Kier alpha value is -3.40. The van der Waals surface area contributed by atoms with Gasteiger partial charge in [-0.15, -0.1) is 22.7 Å². The van der Waals surface area contributed by atoms with Crippen molar-refractivity contribution in [2.24, 2.45) is 0 Å². The molecule has 5 rings (SSSR count). The van der Waals surface area contributed by atoms with Crippen LogP contribution in [0.4, 0.5) is 5.69 Å². The molecule has 1 amide bonds. The highest BCUT2D eigenvalue weighted by Crippen LogP contribution is 2.36. The molecule has 2 aromatic carbocycles. The summed E-state index contributed by atoms with van der Waals surface area (Å²) < 4.78 is 11.7. The normalized spacial score (nSPS) is 11.2. The summed E-state index contributed by atoms with van der Waals surface area (Å²) in [6.45, 7) is 2.15. The lowest BCUT2D eigenvalue weighted by Crippen LogP contribution is -2.11. The molecule has 0 radical (unpaired) electrons. The summed E-state index contributed by atoms with van der Waals surface area (Å²) in [5.41, 5.74) is 3.41. The van der Waals surface area contributed by atoms with Gasteiger partial charge in [0.1, 0.15) is 16.4 Å². The zero-order valence-corrected chi connectivity index (χ0v) is 19.8. The van der Waals surface area contributed by atoms with E-state index in [0.717, 1.165) is 31.7 Å². The fourth-order valence-electron chi connectivity index (χ4n) is 3.62. The molecule has 0 bridgehead atoms. The van der Waals surface area contributed by atoms with Gasteiger partial charge in [-0.05, 0) is 36.8 Å². The summed E-state index contributed by atoms with van der Waals surface area (Å²) in [6, 6.07) is 15.8. The van der Waals surface area contributed by atoms with Gasteiger partial charge >= 0.3 is 0 Å². The molecule has 0 aliphatic rings. The van der Waals surface area contributed by atoms with Gasteiger partial charge in [0.25, 0.3) is 5.91 Å². The number of aromatic nitrogens is 3. The van der Waals surface area contributed by atoms with Crippen LogP contribution in [0.5, 0.6) is 5.88 Å². The smallest absolute Gasteiger partial charge is 0.266 e. The highest BCUT2D eigenvalue weighted by molar-refractivity contribution is 7.21. The lowest BCUT2D eigenvalue weighted by Gasteiger charge is -2.06. The van der Waals surface area contributed by atoms with Gasteiger partial charge in [0, 0.05) is 18.4 Å². The largest absolute Gasteiger partial charge is 0.480 e. The van der Waals surface area contributed by atoms with Crippen molar-refractivity contribution < 1.29 is 14.3 Å². The molecular weight excluding hydrogens is 456 g/mol. The molecule has 5 aromatic rings. The topological polar surface area (TPSA) is 86.2 Å². The Kier molecular flexibility index (Phi) is 5.76. The second kappa shape index (κ2) is 8.86. The van der Waals surface area contributed by atoms with Crippen LogP contribution in [-0.4, -0.2) is 35.1 Å². The first-order chi connectivity index (χ1) is 16.1. The number of aryl methyl sites for hydroxylation is 1. The zero-order valence-electron chi connectivity index (χ0n) is 18.2. The Morgan fingerprint density at radius 1 is 1.03 bits per heavy atom. The van der Waals surface area contributed by atoms with Crippen LogP contribution in [0, 0.1) is 6.92 Å². The molecule has 0 aliphatic carbocycles. The third-order valence-electron chi connectivity index (χ3n) is 5.14. The molecule has 0 saturated heterocycles. The highest BCUT2D eigenvalue weighted by atomic mass is 32.1. The number of thiophene rings is 1. The first-order valence-electron chi connectivity index (χ1n) is 10.2. The summed E-state index contributed by atoms with van der Waals surface area (Å²) in [5, 5.41) is 4.67. The van der Waals surface area contributed by atoms with E-state index in [0.29, 0.717) is 27.1 Å². The van der Waals surface area contributed by atoms with E-state index in [4.69, 9.17) is 14.5 Å². The van der Waals surface area contributed by atoms with Crippen molar-refractivity contribution in [1.82, 2.24) is 15.0 Å². The number of benzene rings is 2. The van der Waals surface area contributed by atoms with E-state index in [1.807, 2.05) is 49.4 Å². The van der Waals surface area contributed by atoms with Crippen LogP contribution < -0.4 is 10.1 Å². The lowest BCUT2D eigenvalue weighted by molar-refractivity contribution is 0.103. The van der Waals surface area contributed by atoms with Crippen LogP contribution in [0.25, 0.3) is 31.0 Å². The van der Waals surface area contributed by atoms with E-state index >= 15 is 0 Å². The summed E-state index contributed by atoms with van der Waals surface area (Å²) >= 11 is 2.94.